The van der Waals surface area contributed by atoms with Gasteiger partial charge in [0.1, 0.15) is 10.6 Å². The fourth-order valence-electron chi connectivity index (χ4n) is 2.25. The van der Waals surface area contributed by atoms with E-state index in [-0.39, 0.29) is 33.1 Å². The average Bonchev–Trinajstić information content (AvgIpc) is 2.94. The van der Waals surface area contributed by atoms with E-state index >= 15 is 0 Å². The van der Waals surface area contributed by atoms with E-state index in [1.807, 2.05) is 0 Å². The minimum Gasteiger partial charge on any atom is -0.493 e. The van der Waals surface area contributed by atoms with Crippen LogP contribution in [0.3, 0.4) is 0 Å². The Morgan fingerprint density at radius 2 is 1.77 bits per heavy atom. The van der Waals surface area contributed by atoms with E-state index in [9.17, 15) is 13.2 Å². The van der Waals surface area contributed by atoms with Crippen LogP contribution in [0.4, 0.5) is 0 Å². The molecule has 0 atom stereocenters. The van der Waals surface area contributed by atoms with Crippen LogP contribution in [0.15, 0.2) is 59.1 Å². The summed E-state index contributed by atoms with van der Waals surface area (Å²) in [7, 11) is -2.59. The summed E-state index contributed by atoms with van der Waals surface area (Å²) in [6, 6.07) is 12.4. The Morgan fingerprint density at radius 1 is 1.04 bits per heavy atom. The summed E-state index contributed by atoms with van der Waals surface area (Å²) in [4.78, 5) is 11.7. The first kappa shape index (κ1) is 17.9. The van der Waals surface area contributed by atoms with Gasteiger partial charge in [0, 0.05) is 0 Å². The van der Waals surface area contributed by atoms with Gasteiger partial charge in [-0.3, -0.25) is 10.1 Å². The number of hydrogen-bond acceptors (Lipinski definition) is 6. The molecule has 1 amide bonds. The van der Waals surface area contributed by atoms with E-state index in [4.69, 9.17) is 21.1 Å². The molecule has 0 aliphatic carbocycles. The highest BCUT2D eigenvalue weighted by atomic mass is 32.2. The van der Waals surface area contributed by atoms with Crippen molar-refractivity contribution in [3.05, 3.63) is 59.8 Å². The lowest BCUT2D eigenvalue weighted by Gasteiger charge is -2.11. The highest BCUT2D eigenvalue weighted by Gasteiger charge is 2.21. The number of hydrogen-bond donors (Lipinski definition) is 2. The van der Waals surface area contributed by atoms with Gasteiger partial charge in [-0.05, 0) is 48.1 Å². The van der Waals surface area contributed by atoms with Gasteiger partial charge < -0.3 is 14.2 Å². The Hall–Kier alpha value is -2.91. The molecule has 0 radical (unpaired) electrons. The Bertz CT molecular complexity index is 1000. The van der Waals surface area contributed by atoms with Gasteiger partial charge >= 0.3 is 10.1 Å². The zero-order valence-electron chi connectivity index (χ0n) is 13.6. The molecule has 2 aromatic carbocycles. The van der Waals surface area contributed by atoms with Gasteiger partial charge in [0.05, 0.1) is 7.11 Å². The Morgan fingerprint density at radius 3 is 2.38 bits per heavy atom. The van der Waals surface area contributed by atoms with Gasteiger partial charge in [0.25, 0.3) is 5.91 Å². The van der Waals surface area contributed by atoms with E-state index in [0.717, 1.165) is 0 Å². The second-order valence-electron chi connectivity index (χ2n) is 5.23. The van der Waals surface area contributed by atoms with Crippen molar-refractivity contribution in [1.29, 1.82) is 0 Å². The minimum absolute atomic E-state index is 0.0357. The molecule has 9 heteroatoms. The van der Waals surface area contributed by atoms with Crippen LogP contribution in [-0.2, 0) is 14.9 Å². The van der Waals surface area contributed by atoms with E-state index in [1.165, 1.54) is 25.3 Å². The molecule has 1 aliphatic rings. The van der Waals surface area contributed by atoms with Crippen molar-refractivity contribution >= 4 is 39.4 Å². The first-order valence-electron chi connectivity index (χ1n) is 7.40. The number of nitrogens with one attached hydrogen (secondary N) is 2. The van der Waals surface area contributed by atoms with E-state index in [1.54, 1.807) is 36.4 Å². The first-order chi connectivity index (χ1) is 12.4. The second kappa shape index (κ2) is 7.14. The molecule has 26 heavy (non-hydrogen) atoms. The van der Waals surface area contributed by atoms with Gasteiger partial charge in [-0.2, -0.15) is 8.42 Å². The van der Waals surface area contributed by atoms with E-state index < -0.39 is 10.1 Å². The molecule has 134 valence electrons. The monoisotopic (exact) mass is 390 g/mol. The molecule has 0 bridgehead atoms. The zero-order valence-corrected chi connectivity index (χ0v) is 15.2. The molecule has 3 rings (SSSR count). The lowest BCUT2D eigenvalue weighted by atomic mass is 10.1. The summed E-state index contributed by atoms with van der Waals surface area (Å²) in [5.41, 5.74) is 0.885. The smallest absolute Gasteiger partial charge is 0.339 e. The average molecular weight is 390 g/mol. The molecule has 1 saturated heterocycles. The summed E-state index contributed by atoms with van der Waals surface area (Å²) in [6.45, 7) is 0. The fourth-order valence-corrected chi connectivity index (χ4v) is 3.41. The third-order valence-corrected chi connectivity index (χ3v) is 4.90. The van der Waals surface area contributed by atoms with Crippen LogP contribution in [0, 0.1) is 0 Å². The van der Waals surface area contributed by atoms with Gasteiger partial charge in [-0.1, -0.05) is 24.3 Å². The number of carbonyl (C=O) groups is 1. The Labute approximate surface area is 155 Å². The molecular weight excluding hydrogens is 376 g/mol. The standard InChI is InChI=1S/C17H14N2O5S2/c1-23-15-10-11(9-13-16(20)19-17(25)18-13)7-8-14(15)24-26(21,22)12-5-3-2-4-6-12/h2-10H,1H3,(H2,18,19,20,25)/b13-9+. The van der Waals surface area contributed by atoms with Gasteiger partial charge in [-0.25, -0.2) is 0 Å². The minimum atomic E-state index is -3.99. The van der Waals surface area contributed by atoms with Crippen LogP contribution in [0.1, 0.15) is 5.56 Å². The van der Waals surface area contributed by atoms with Crippen molar-refractivity contribution in [3.8, 4) is 11.5 Å². The summed E-state index contributed by atoms with van der Waals surface area (Å²) in [5, 5.41) is 5.41. The lowest BCUT2D eigenvalue weighted by Crippen LogP contribution is -2.21. The zero-order chi connectivity index (χ0) is 18.7. The van der Waals surface area contributed by atoms with Crippen LogP contribution in [0.2, 0.25) is 0 Å². The first-order valence-corrected chi connectivity index (χ1v) is 9.22. The maximum Gasteiger partial charge on any atom is 0.339 e. The van der Waals surface area contributed by atoms with Crippen molar-refractivity contribution in [3.63, 3.8) is 0 Å². The molecule has 1 fully saturated rings. The predicted molar refractivity (Wildman–Crippen MR) is 99.1 cm³/mol. The SMILES string of the molecule is COc1cc(/C=C2/NC(=S)NC2=O)ccc1OS(=O)(=O)c1ccccc1. The van der Waals surface area contributed by atoms with Crippen LogP contribution < -0.4 is 19.6 Å². The van der Waals surface area contributed by atoms with E-state index in [2.05, 4.69) is 10.6 Å². The molecule has 0 unspecified atom stereocenters. The number of amides is 1. The highest BCUT2D eigenvalue weighted by Crippen LogP contribution is 2.31. The van der Waals surface area contributed by atoms with Gasteiger partial charge in [0.2, 0.25) is 0 Å². The summed E-state index contributed by atoms with van der Waals surface area (Å²) >= 11 is 4.87. The number of ether oxygens (including phenoxy) is 1. The van der Waals surface area contributed by atoms with Crippen LogP contribution in [-0.4, -0.2) is 26.5 Å². The molecule has 2 N–H and O–H groups in total. The molecule has 0 aromatic heterocycles. The van der Waals surface area contributed by atoms with Crippen molar-refractivity contribution in [2.24, 2.45) is 0 Å². The Kier molecular flexibility index (Phi) is 4.92. The summed E-state index contributed by atoms with van der Waals surface area (Å²) < 4.78 is 35.1. The Balaban J connectivity index is 1.89. The van der Waals surface area contributed by atoms with Crippen LogP contribution >= 0.6 is 12.2 Å². The number of rotatable bonds is 5. The van der Waals surface area contributed by atoms with Crippen molar-refractivity contribution < 1.29 is 22.1 Å². The predicted octanol–water partition coefficient (Wildman–Crippen LogP) is 1.81. The van der Waals surface area contributed by atoms with Crippen molar-refractivity contribution in [2.75, 3.05) is 7.11 Å². The maximum absolute atomic E-state index is 12.3. The number of thiocarbonyl (C=S) groups is 1. The highest BCUT2D eigenvalue weighted by molar-refractivity contribution is 7.87. The molecule has 0 saturated carbocycles. The van der Waals surface area contributed by atoms with Gasteiger partial charge in [-0.15, -0.1) is 0 Å². The second-order valence-corrected chi connectivity index (χ2v) is 7.18. The van der Waals surface area contributed by atoms with Crippen LogP contribution in [0.25, 0.3) is 6.08 Å². The summed E-state index contributed by atoms with van der Waals surface area (Å²) in [5.74, 6) is -0.0985. The third kappa shape index (κ3) is 3.84. The van der Waals surface area contributed by atoms with E-state index in [0.29, 0.717) is 5.56 Å². The van der Waals surface area contributed by atoms with Crippen molar-refractivity contribution in [1.82, 2.24) is 10.6 Å². The molecular formula is C17H14N2O5S2. The molecule has 7 nitrogen and oxygen atoms in total. The summed E-state index contributed by atoms with van der Waals surface area (Å²) in [6.07, 6.45) is 1.56. The number of methoxy groups -OCH3 is 1. The number of carbonyl (C=O) groups excluding carboxylic acids is 1. The van der Waals surface area contributed by atoms with Gasteiger partial charge in [0.15, 0.2) is 16.6 Å². The number of benzene rings is 2. The lowest BCUT2D eigenvalue weighted by molar-refractivity contribution is -0.115. The largest absolute Gasteiger partial charge is 0.493 e. The molecule has 2 aromatic rings. The molecule has 1 heterocycles. The normalized spacial score (nSPS) is 15.5. The molecule has 0 spiro atoms. The third-order valence-electron chi connectivity index (χ3n) is 3.45. The maximum atomic E-state index is 12.3. The topological polar surface area (TPSA) is 93.7 Å². The van der Waals surface area contributed by atoms with Crippen LogP contribution in [0.5, 0.6) is 11.5 Å². The fraction of sp³-hybridized carbons (Fsp3) is 0.0588. The quantitative estimate of drug-likeness (QED) is 0.457. The molecule has 1 aliphatic heterocycles. The van der Waals surface area contributed by atoms with Crippen molar-refractivity contribution in [2.45, 2.75) is 4.90 Å².